The Kier molecular flexibility index (Phi) is 7.95. The Bertz CT molecular complexity index is 720. The van der Waals surface area contributed by atoms with E-state index in [-0.39, 0.29) is 42.5 Å². The van der Waals surface area contributed by atoms with E-state index in [4.69, 9.17) is 0 Å². The molecule has 2 saturated heterocycles. The van der Waals surface area contributed by atoms with Gasteiger partial charge in [0.25, 0.3) is 0 Å². The second kappa shape index (κ2) is 10.7. The van der Waals surface area contributed by atoms with Crippen molar-refractivity contribution in [3.63, 3.8) is 0 Å². The zero-order valence-electron chi connectivity index (χ0n) is 19.0. The molecule has 2 saturated carbocycles. The lowest BCUT2D eigenvalue weighted by Gasteiger charge is -2.40. The predicted octanol–water partition coefficient (Wildman–Crippen LogP) is 2.03. The Balaban J connectivity index is 1.44. The van der Waals surface area contributed by atoms with Gasteiger partial charge in [-0.15, -0.1) is 0 Å². The number of alkyl halides is 1. The highest BCUT2D eigenvalue weighted by atomic mass is 32.2. The first kappa shape index (κ1) is 23.8. The lowest BCUT2D eigenvalue weighted by atomic mass is 9.88. The van der Waals surface area contributed by atoms with Crippen LogP contribution in [0.5, 0.6) is 0 Å². The normalized spacial score (nSPS) is 37.5. The van der Waals surface area contributed by atoms with Crippen LogP contribution in [-0.2, 0) is 9.59 Å². The molecule has 7 nitrogen and oxygen atoms in total. The van der Waals surface area contributed by atoms with Crippen LogP contribution in [-0.4, -0.2) is 82.7 Å². The van der Waals surface area contributed by atoms with Crippen molar-refractivity contribution >= 4 is 23.6 Å². The fourth-order valence-corrected chi connectivity index (χ4v) is 7.30. The zero-order chi connectivity index (χ0) is 22.7. The maximum Gasteiger partial charge on any atom is 0.237 e. The van der Waals surface area contributed by atoms with Crippen molar-refractivity contribution < 1.29 is 14.0 Å². The molecule has 0 aromatic carbocycles. The average molecular weight is 466 g/mol. The SMILES string of the molecule is CC(=O)NC1CCC(N(CC2CCSC2)C(=O)CN2C(C#N)NC3C(F)CCCC32)CC1. The van der Waals surface area contributed by atoms with Crippen LogP contribution in [0.1, 0.15) is 58.3 Å². The molecule has 0 aromatic rings. The molecule has 4 aliphatic rings. The lowest BCUT2D eigenvalue weighted by molar-refractivity contribution is -0.137. The van der Waals surface area contributed by atoms with Gasteiger partial charge in [-0.05, 0) is 68.8 Å². The molecule has 32 heavy (non-hydrogen) atoms. The van der Waals surface area contributed by atoms with E-state index in [1.807, 2.05) is 16.7 Å². The Morgan fingerprint density at radius 3 is 2.66 bits per heavy atom. The molecule has 4 rings (SSSR count). The molecular formula is C23H36FN5O2S. The smallest absolute Gasteiger partial charge is 0.237 e. The first-order valence-corrected chi connectivity index (χ1v) is 13.3. The summed E-state index contributed by atoms with van der Waals surface area (Å²) in [6.07, 6.45) is 5.25. The van der Waals surface area contributed by atoms with Crippen LogP contribution >= 0.6 is 11.8 Å². The minimum atomic E-state index is -0.958. The molecular weight excluding hydrogens is 429 g/mol. The number of amides is 2. The summed E-state index contributed by atoms with van der Waals surface area (Å²) in [5, 5.41) is 15.8. The summed E-state index contributed by atoms with van der Waals surface area (Å²) in [6, 6.07) is 2.17. The van der Waals surface area contributed by atoms with Gasteiger partial charge in [-0.25, -0.2) is 4.39 Å². The highest BCUT2D eigenvalue weighted by Crippen LogP contribution is 2.33. The monoisotopic (exact) mass is 465 g/mol. The van der Waals surface area contributed by atoms with E-state index in [1.54, 1.807) is 6.92 Å². The fourth-order valence-electron chi connectivity index (χ4n) is 6.03. The van der Waals surface area contributed by atoms with E-state index in [0.717, 1.165) is 63.0 Å². The summed E-state index contributed by atoms with van der Waals surface area (Å²) in [6.45, 7) is 2.49. The minimum absolute atomic E-state index is 0.00152. The molecule has 2 amide bonds. The molecule has 4 fully saturated rings. The van der Waals surface area contributed by atoms with E-state index in [9.17, 15) is 19.2 Å². The third-order valence-corrected chi connectivity index (χ3v) is 8.91. The number of fused-ring (bicyclic) bond motifs is 1. The third-order valence-electron chi connectivity index (χ3n) is 7.68. The van der Waals surface area contributed by atoms with Crippen LogP contribution in [0, 0.1) is 17.2 Å². The maximum atomic E-state index is 14.5. The van der Waals surface area contributed by atoms with E-state index in [2.05, 4.69) is 21.6 Å². The van der Waals surface area contributed by atoms with Crippen molar-refractivity contribution in [2.24, 2.45) is 5.92 Å². The second-order valence-electron chi connectivity index (χ2n) is 9.89. The number of carbonyl (C=O) groups is 2. The summed E-state index contributed by atoms with van der Waals surface area (Å²) < 4.78 is 14.5. The van der Waals surface area contributed by atoms with Gasteiger partial charge < -0.3 is 10.2 Å². The van der Waals surface area contributed by atoms with Gasteiger partial charge >= 0.3 is 0 Å². The first-order valence-electron chi connectivity index (χ1n) is 12.2. The van der Waals surface area contributed by atoms with Crippen LogP contribution in [0.3, 0.4) is 0 Å². The van der Waals surface area contributed by atoms with Crippen molar-refractivity contribution in [2.45, 2.75) is 94.8 Å². The van der Waals surface area contributed by atoms with Crippen molar-refractivity contribution in [1.82, 2.24) is 20.4 Å². The standard InChI is InChI=1S/C23H36FN5O2S/c1-15(30)26-17-5-7-18(8-6-17)28(12-16-9-10-32-14-16)22(31)13-29-20-4-2-3-19(24)23(20)27-21(29)11-25/h16-21,23,27H,2-10,12-14H2,1H3,(H,26,30). The lowest BCUT2D eigenvalue weighted by Crippen LogP contribution is -2.53. The molecule has 0 aromatic heterocycles. The Morgan fingerprint density at radius 2 is 2.00 bits per heavy atom. The van der Waals surface area contributed by atoms with Crippen LogP contribution in [0.2, 0.25) is 0 Å². The molecule has 2 heterocycles. The van der Waals surface area contributed by atoms with Gasteiger partial charge in [-0.1, -0.05) is 0 Å². The van der Waals surface area contributed by atoms with Crippen LogP contribution in [0.15, 0.2) is 0 Å². The van der Waals surface area contributed by atoms with Crippen molar-refractivity contribution in [2.75, 3.05) is 24.6 Å². The third kappa shape index (κ3) is 5.40. The number of carbonyl (C=O) groups excluding carboxylic acids is 2. The topological polar surface area (TPSA) is 88.5 Å². The van der Waals surface area contributed by atoms with Crippen molar-refractivity contribution in [3.05, 3.63) is 0 Å². The molecule has 2 aliphatic carbocycles. The van der Waals surface area contributed by atoms with Crippen molar-refractivity contribution in [1.29, 1.82) is 5.26 Å². The highest BCUT2D eigenvalue weighted by molar-refractivity contribution is 7.99. The summed E-state index contributed by atoms with van der Waals surface area (Å²) in [7, 11) is 0. The summed E-state index contributed by atoms with van der Waals surface area (Å²) in [5.74, 6) is 2.81. The molecule has 2 N–H and O–H groups in total. The summed E-state index contributed by atoms with van der Waals surface area (Å²) in [4.78, 5) is 29.0. The number of hydrogen-bond donors (Lipinski definition) is 2. The van der Waals surface area contributed by atoms with E-state index in [1.165, 1.54) is 0 Å². The fraction of sp³-hybridized carbons (Fsp3) is 0.870. The Morgan fingerprint density at radius 1 is 1.22 bits per heavy atom. The second-order valence-corrected chi connectivity index (χ2v) is 11.0. The van der Waals surface area contributed by atoms with Gasteiger partial charge in [0.05, 0.1) is 18.7 Å². The van der Waals surface area contributed by atoms with Gasteiger partial charge in [0.2, 0.25) is 11.8 Å². The summed E-state index contributed by atoms with van der Waals surface area (Å²) >= 11 is 1.95. The molecule has 178 valence electrons. The van der Waals surface area contributed by atoms with Gasteiger partial charge in [0.15, 0.2) is 6.17 Å². The first-order chi connectivity index (χ1) is 15.5. The Labute approximate surface area is 194 Å². The van der Waals surface area contributed by atoms with Crippen LogP contribution in [0.25, 0.3) is 0 Å². The number of hydrogen-bond acceptors (Lipinski definition) is 6. The largest absolute Gasteiger partial charge is 0.354 e. The molecule has 0 spiro atoms. The van der Waals surface area contributed by atoms with E-state index in [0.29, 0.717) is 12.3 Å². The van der Waals surface area contributed by atoms with Gasteiger partial charge in [-0.3, -0.25) is 19.8 Å². The molecule has 0 radical (unpaired) electrons. The average Bonchev–Trinajstić information content (AvgIpc) is 3.41. The molecule has 9 heteroatoms. The Hall–Kier alpha value is -1.37. The van der Waals surface area contributed by atoms with Crippen molar-refractivity contribution in [3.8, 4) is 6.07 Å². The molecule has 5 atom stereocenters. The quantitative estimate of drug-likeness (QED) is 0.624. The number of nitriles is 1. The maximum absolute atomic E-state index is 14.5. The number of nitrogens with one attached hydrogen (secondary N) is 2. The van der Waals surface area contributed by atoms with Crippen LogP contribution < -0.4 is 10.6 Å². The van der Waals surface area contributed by atoms with Crippen LogP contribution in [0.4, 0.5) is 4.39 Å². The number of halogens is 1. The zero-order valence-corrected chi connectivity index (χ0v) is 19.8. The molecule has 2 aliphatic heterocycles. The van der Waals surface area contributed by atoms with Gasteiger partial charge in [-0.2, -0.15) is 17.0 Å². The molecule has 0 bridgehead atoms. The van der Waals surface area contributed by atoms with Gasteiger partial charge in [0.1, 0.15) is 6.17 Å². The predicted molar refractivity (Wildman–Crippen MR) is 123 cm³/mol. The van der Waals surface area contributed by atoms with E-state index < -0.39 is 12.3 Å². The number of thioether (sulfide) groups is 1. The van der Waals surface area contributed by atoms with Gasteiger partial charge in [0, 0.05) is 31.6 Å². The minimum Gasteiger partial charge on any atom is -0.354 e. The number of nitrogens with zero attached hydrogens (tertiary/aromatic N) is 3. The molecule has 5 unspecified atom stereocenters. The highest BCUT2D eigenvalue weighted by Gasteiger charge is 2.47. The van der Waals surface area contributed by atoms with E-state index >= 15 is 0 Å². The summed E-state index contributed by atoms with van der Waals surface area (Å²) in [5.41, 5.74) is 0. The number of rotatable bonds is 6.